The molecule has 1 aliphatic carbocycles. The molecule has 2 aliphatic rings. The maximum Gasteiger partial charge on any atom is 0.232 e. The third-order valence-electron chi connectivity index (χ3n) is 4.53. The molecule has 0 aromatic heterocycles. The van der Waals surface area contributed by atoms with Gasteiger partial charge in [-0.05, 0) is 38.3 Å². The highest BCUT2D eigenvalue weighted by Crippen LogP contribution is 2.46. The Balaban J connectivity index is 1.97. The summed E-state index contributed by atoms with van der Waals surface area (Å²) in [6.45, 7) is 4.79. The van der Waals surface area contributed by atoms with E-state index in [1.807, 2.05) is 18.2 Å². The molecule has 1 heterocycles. The molecule has 4 nitrogen and oxygen atoms in total. The fraction of sp³-hybridized carbons (Fsp3) is 0.562. The summed E-state index contributed by atoms with van der Waals surface area (Å²) in [5.41, 5.74) is 1.45. The number of para-hydroxylation sites is 1. The first kappa shape index (κ1) is 13.3. The average Bonchev–Trinajstić information content (AvgIpc) is 2.77. The van der Waals surface area contributed by atoms with E-state index in [4.69, 9.17) is 4.74 Å². The van der Waals surface area contributed by atoms with E-state index >= 15 is 0 Å². The lowest BCUT2D eigenvalue weighted by Gasteiger charge is -2.27. The highest BCUT2D eigenvalue weighted by atomic mass is 16.5. The summed E-state index contributed by atoms with van der Waals surface area (Å²) in [6.07, 6.45) is 4.04. The molecule has 0 radical (unpaired) electrons. The van der Waals surface area contributed by atoms with E-state index in [9.17, 15) is 4.79 Å². The molecule has 0 saturated heterocycles. The van der Waals surface area contributed by atoms with Gasteiger partial charge in [0, 0.05) is 6.04 Å². The second-order valence-corrected chi connectivity index (χ2v) is 5.99. The van der Waals surface area contributed by atoms with Crippen LogP contribution in [0.5, 0.6) is 5.75 Å². The molecule has 3 rings (SSSR count). The molecule has 1 amide bonds. The number of carbonyl (C=O) groups is 1. The SMILES string of the molecule is CCCOc1cccc2c1NC(=O)C1(C)CCCC1N2. The summed E-state index contributed by atoms with van der Waals surface area (Å²) in [6, 6.07) is 6.11. The van der Waals surface area contributed by atoms with Gasteiger partial charge in [-0.1, -0.05) is 19.4 Å². The van der Waals surface area contributed by atoms with Crippen LogP contribution in [-0.2, 0) is 4.79 Å². The van der Waals surface area contributed by atoms with Crippen LogP contribution in [0.25, 0.3) is 0 Å². The maximum absolute atomic E-state index is 12.6. The Morgan fingerprint density at radius 2 is 2.30 bits per heavy atom. The number of rotatable bonds is 3. The zero-order valence-corrected chi connectivity index (χ0v) is 12.2. The lowest BCUT2D eigenvalue weighted by atomic mass is 9.84. The van der Waals surface area contributed by atoms with Crippen molar-refractivity contribution in [1.82, 2.24) is 0 Å². The monoisotopic (exact) mass is 274 g/mol. The molecule has 2 N–H and O–H groups in total. The van der Waals surface area contributed by atoms with Gasteiger partial charge in [-0.15, -0.1) is 0 Å². The first-order chi connectivity index (χ1) is 9.65. The van der Waals surface area contributed by atoms with Crippen LogP contribution in [0.3, 0.4) is 0 Å². The molecule has 0 bridgehead atoms. The van der Waals surface area contributed by atoms with Gasteiger partial charge in [0.25, 0.3) is 0 Å². The van der Waals surface area contributed by atoms with Gasteiger partial charge < -0.3 is 15.4 Å². The number of amides is 1. The summed E-state index contributed by atoms with van der Waals surface area (Å²) in [5, 5.41) is 6.63. The van der Waals surface area contributed by atoms with Gasteiger partial charge in [0.1, 0.15) is 11.4 Å². The minimum atomic E-state index is -0.318. The molecule has 20 heavy (non-hydrogen) atoms. The lowest BCUT2D eigenvalue weighted by molar-refractivity contribution is -0.124. The predicted molar refractivity (Wildman–Crippen MR) is 80.2 cm³/mol. The van der Waals surface area contributed by atoms with Gasteiger partial charge in [-0.2, -0.15) is 0 Å². The molecular formula is C16H22N2O2. The Hall–Kier alpha value is -1.71. The van der Waals surface area contributed by atoms with Crippen molar-refractivity contribution in [2.45, 2.75) is 45.6 Å². The summed E-state index contributed by atoms with van der Waals surface area (Å²) in [7, 11) is 0. The number of carbonyl (C=O) groups excluding carboxylic acids is 1. The fourth-order valence-electron chi connectivity index (χ4n) is 3.23. The van der Waals surface area contributed by atoms with E-state index in [2.05, 4.69) is 24.5 Å². The molecular weight excluding hydrogens is 252 g/mol. The van der Waals surface area contributed by atoms with E-state index < -0.39 is 0 Å². The van der Waals surface area contributed by atoms with E-state index in [0.29, 0.717) is 6.61 Å². The molecule has 1 fully saturated rings. The van der Waals surface area contributed by atoms with Crippen LogP contribution in [0, 0.1) is 5.41 Å². The number of hydrogen-bond acceptors (Lipinski definition) is 3. The molecule has 0 spiro atoms. The van der Waals surface area contributed by atoms with Crippen LogP contribution in [-0.4, -0.2) is 18.6 Å². The number of ether oxygens (including phenoxy) is 1. The molecule has 1 aliphatic heterocycles. The van der Waals surface area contributed by atoms with Crippen molar-refractivity contribution in [2.75, 3.05) is 17.2 Å². The number of hydrogen-bond donors (Lipinski definition) is 2. The first-order valence-electron chi connectivity index (χ1n) is 7.49. The molecule has 1 aromatic carbocycles. The van der Waals surface area contributed by atoms with E-state index in [0.717, 1.165) is 42.8 Å². The van der Waals surface area contributed by atoms with Crippen LogP contribution in [0.4, 0.5) is 11.4 Å². The Morgan fingerprint density at radius 1 is 1.45 bits per heavy atom. The number of fused-ring (bicyclic) bond motifs is 2. The second-order valence-electron chi connectivity index (χ2n) is 5.99. The van der Waals surface area contributed by atoms with Crippen LogP contribution in [0.15, 0.2) is 18.2 Å². The summed E-state index contributed by atoms with van der Waals surface area (Å²) in [5.74, 6) is 0.868. The zero-order valence-electron chi connectivity index (χ0n) is 12.2. The number of anilines is 2. The third kappa shape index (κ3) is 2.03. The van der Waals surface area contributed by atoms with Gasteiger partial charge >= 0.3 is 0 Å². The van der Waals surface area contributed by atoms with Crippen LogP contribution < -0.4 is 15.4 Å². The first-order valence-corrected chi connectivity index (χ1v) is 7.49. The summed E-state index contributed by atoms with van der Waals surface area (Å²) >= 11 is 0. The third-order valence-corrected chi connectivity index (χ3v) is 4.53. The van der Waals surface area contributed by atoms with E-state index in [1.165, 1.54) is 0 Å². The number of nitrogens with one attached hydrogen (secondary N) is 2. The quantitative estimate of drug-likeness (QED) is 0.888. The normalized spacial score (nSPS) is 27.9. The Labute approximate surface area is 119 Å². The summed E-state index contributed by atoms with van der Waals surface area (Å²) in [4.78, 5) is 12.6. The summed E-state index contributed by atoms with van der Waals surface area (Å²) < 4.78 is 5.76. The topological polar surface area (TPSA) is 50.4 Å². The standard InChI is InChI=1S/C16H22N2O2/c1-3-10-20-12-7-4-6-11-14(12)18-15(19)16(2)9-5-8-13(16)17-11/h4,6-7,13,17H,3,5,8-10H2,1-2H3,(H,18,19). The smallest absolute Gasteiger partial charge is 0.232 e. The number of benzene rings is 1. The van der Waals surface area contributed by atoms with Crippen molar-refractivity contribution in [3.05, 3.63) is 18.2 Å². The molecule has 2 atom stereocenters. The van der Waals surface area contributed by atoms with Gasteiger partial charge in [0.2, 0.25) is 5.91 Å². The largest absolute Gasteiger partial charge is 0.491 e. The van der Waals surface area contributed by atoms with Crippen molar-refractivity contribution in [3.63, 3.8) is 0 Å². The minimum absolute atomic E-state index is 0.110. The van der Waals surface area contributed by atoms with E-state index in [-0.39, 0.29) is 17.4 Å². The van der Waals surface area contributed by atoms with Crippen LogP contribution >= 0.6 is 0 Å². The van der Waals surface area contributed by atoms with Crippen molar-refractivity contribution < 1.29 is 9.53 Å². The second kappa shape index (κ2) is 5.00. The van der Waals surface area contributed by atoms with Gasteiger partial charge in [0.05, 0.1) is 17.7 Å². The van der Waals surface area contributed by atoms with Crippen molar-refractivity contribution in [3.8, 4) is 5.75 Å². The van der Waals surface area contributed by atoms with Gasteiger partial charge in [-0.25, -0.2) is 0 Å². The van der Waals surface area contributed by atoms with E-state index in [1.54, 1.807) is 0 Å². The maximum atomic E-state index is 12.6. The highest BCUT2D eigenvalue weighted by molar-refractivity contribution is 6.02. The Kier molecular flexibility index (Phi) is 3.32. The highest BCUT2D eigenvalue weighted by Gasteiger charge is 2.47. The molecule has 4 heteroatoms. The lowest BCUT2D eigenvalue weighted by Crippen LogP contribution is -2.41. The molecule has 2 unspecified atom stereocenters. The molecule has 108 valence electrons. The average molecular weight is 274 g/mol. The Bertz CT molecular complexity index is 529. The molecule has 1 aromatic rings. The van der Waals surface area contributed by atoms with Crippen molar-refractivity contribution in [2.24, 2.45) is 5.41 Å². The van der Waals surface area contributed by atoms with Crippen LogP contribution in [0.2, 0.25) is 0 Å². The predicted octanol–water partition coefficient (Wildman–Crippen LogP) is 3.40. The van der Waals surface area contributed by atoms with Crippen LogP contribution in [0.1, 0.15) is 39.5 Å². The fourth-order valence-corrected chi connectivity index (χ4v) is 3.23. The van der Waals surface area contributed by atoms with Gasteiger partial charge in [0.15, 0.2) is 0 Å². The zero-order chi connectivity index (χ0) is 14.2. The van der Waals surface area contributed by atoms with Crippen molar-refractivity contribution >= 4 is 17.3 Å². The van der Waals surface area contributed by atoms with Crippen molar-refractivity contribution in [1.29, 1.82) is 0 Å². The Morgan fingerprint density at radius 3 is 3.10 bits per heavy atom. The molecule has 1 saturated carbocycles. The minimum Gasteiger partial charge on any atom is -0.491 e. The van der Waals surface area contributed by atoms with Gasteiger partial charge in [-0.3, -0.25) is 4.79 Å².